The molecule has 0 aromatic heterocycles. The van der Waals surface area contributed by atoms with Crippen LogP contribution in [-0.2, 0) is 4.74 Å². The Morgan fingerprint density at radius 1 is 1.64 bits per heavy atom. The van der Waals surface area contributed by atoms with E-state index in [2.05, 4.69) is 4.74 Å². The maximum Gasteiger partial charge on any atom is 0.341 e. The second-order valence-corrected chi connectivity index (χ2v) is 2.49. The van der Waals surface area contributed by atoms with Crippen LogP contribution in [0, 0.1) is 17.1 Å². The predicted octanol–water partition coefficient (Wildman–Crippen LogP) is 1.07. The second-order valence-electron chi connectivity index (χ2n) is 2.49. The van der Waals surface area contributed by atoms with Crippen molar-refractivity contribution in [2.24, 2.45) is 0 Å². The number of nitrogens with zero attached hydrogens (tertiary/aromatic N) is 1. The lowest BCUT2D eigenvalue weighted by Gasteiger charge is -2.05. The van der Waals surface area contributed by atoms with Crippen molar-refractivity contribution >= 4 is 11.7 Å². The molecule has 14 heavy (non-hydrogen) atoms. The Hall–Kier alpha value is -2.09. The first-order chi connectivity index (χ1) is 6.61. The number of rotatable bonds is 1. The average Bonchev–Trinajstić information content (AvgIpc) is 2.20. The predicted molar refractivity (Wildman–Crippen MR) is 46.9 cm³/mol. The first-order valence-corrected chi connectivity index (χ1v) is 3.68. The maximum atomic E-state index is 13.0. The van der Waals surface area contributed by atoms with Crippen molar-refractivity contribution in [3.63, 3.8) is 0 Å². The number of nitrogens with two attached hydrogens (primary N) is 1. The number of esters is 1. The molecule has 0 radical (unpaired) electrons. The van der Waals surface area contributed by atoms with E-state index in [4.69, 9.17) is 11.0 Å². The minimum absolute atomic E-state index is 0.00394. The molecule has 0 heterocycles. The Balaban J connectivity index is 3.45. The highest BCUT2D eigenvalue weighted by Crippen LogP contribution is 2.20. The minimum Gasteiger partial charge on any atom is -0.465 e. The Kier molecular flexibility index (Phi) is 2.67. The van der Waals surface area contributed by atoms with Crippen LogP contribution in [0.2, 0.25) is 0 Å². The van der Waals surface area contributed by atoms with Gasteiger partial charge in [-0.2, -0.15) is 5.26 Å². The van der Waals surface area contributed by atoms with E-state index in [0.29, 0.717) is 0 Å². The molecule has 0 amide bonds. The first kappa shape index (κ1) is 9.99. The monoisotopic (exact) mass is 194 g/mol. The van der Waals surface area contributed by atoms with Gasteiger partial charge in [-0.15, -0.1) is 0 Å². The topological polar surface area (TPSA) is 76.1 Å². The van der Waals surface area contributed by atoms with E-state index in [9.17, 15) is 9.18 Å². The van der Waals surface area contributed by atoms with E-state index in [0.717, 1.165) is 13.2 Å². The number of ether oxygens (including phenoxy) is 1. The quantitative estimate of drug-likeness (QED) is 0.535. The van der Waals surface area contributed by atoms with E-state index in [1.165, 1.54) is 6.07 Å². The molecule has 0 spiro atoms. The van der Waals surface area contributed by atoms with Crippen LogP contribution in [0.4, 0.5) is 10.1 Å². The van der Waals surface area contributed by atoms with Crippen molar-refractivity contribution in [2.75, 3.05) is 12.8 Å². The summed E-state index contributed by atoms with van der Waals surface area (Å²) in [6, 6.07) is 3.94. The van der Waals surface area contributed by atoms with Crippen molar-refractivity contribution < 1.29 is 13.9 Å². The molecule has 0 bridgehead atoms. The molecule has 0 aliphatic heterocycles. The maximum absolute atomic E-state index is 13.0. The van der Waals surface area contributed by atoms with Crippen LogP contribution >= 0.6 is 0 Å². The molecule has 0 fully saturated rings. The Labute approximate surface area is 79.7 Å². The second kappa shape index (κ2) is 3.75. The fourth-order valence-electron chi connectivity index (χ4n) is 1.01. The van der Waals surface area contributed by atoms with Gasteiger partial charge in [-0.1, -0.05) is 0 Å². The number of carbonyl (C=O) groups excluding carboxylic acids is 1. The molecule has 4 nitrogen and oxygen atoms in total. The van der Waals surface area contributed by atoms with Crippen LogP contribution in [0.15, 0.2) is 12.1 Å². The fraction of sp³-hybridized carbons (Fsp3) is 0.111. The van der Waals surface area contributed by atoms with Crippen LogP contribution in [0.5, 0.6) is 0 Å². The van der Waals surface area contributed by atoms with E-state index in [1.54, 1.807) is 6.07 Å². The summed E-state index contributed by atoms with van der Waals surface area (Å²) in [5.41, 5.74) is 4.71. The summed E-state index contributed by atoms with van der Waals surface area (Å²) in [5.74, 6) is -1.57. The molecule has 0 saturated carbocycles. The van der Waals surface area contributed by atoms with Gasteiger partial charge < -0.3 is 10.5 Å². The highest BCUT2D eigenvalue weighted by Gasteiger charge is 2.18. The molecule has 0 saturated heterocycles. The highest BCUT2D eigenvalue weighted by molar-refractivity contribution is 5.97. The molecular weight excluding hydrogens is 187 g/mol. The minimum atomic E-state index is -0.821. The number of anilines is 1. The van der Waals surface area contributed by atoms with Gasteiger partial charge in [-0.3, -0.25) is 0 Å². The van der Waals surface area contributed by atoms with Gasteiger partial charge in [0.05, 0.1) is 18.4 Å². The van der Waals surface area contributed by atoms with Gasteiger partial charge in [0.15, 0.2) is 0 Å². The SMILES string of the molecule is COC(=O)c1c(C#N)ccc(F)c1N. The average molecular weight is 194 g/mol. The van der Waals surface area contributed by atoms with Gasteiger partial charge in [0.2, 0.25) is 0 Å². The van der Waals surface area contributed by atoms with Gasteiger partial charge in [0, 0.05) is 0 Å². The van der Waals surface area contributed by atoms with Crippen LogP contribution in [0.3, 0.4) is 0 Å². The van der Waals surface area contributed by atoms with Crippen molar-refractivity contribution in [3.05, 3.63) is 29.1 Å². The third-order valence-electron chi connectivity index (χ3n) is 1.70. The summed E-state index contributed by atoms with van der Waals surface area (Å²) in [6.07, 6.45) is 0. The molecule has 0 aliphatic carbocycles. The van der Waals surface area contributed by atoms with E-state index < -0.39 is 11.8 Å². The first-order valence-electron chi connectivity index (χ1n) is 3.68. The number of nitrogen functional groups attached to an aromatic ring is 1. The van der Waals surface area contributed by atoms with Crippen molar-refractivity contribution in [1.82, 2.24) is 0 Å². The van der Waals surface area contributed by atoms with Crippen LogP contribution in [0.25, 0.3) is 0 Å². The number of halogens is 1. The molecule has 1 aromatic carbocycles. The molecule has 72 valence electrons. The van der Waals surface area contributed by atoms with E-state index in [-0.39, 0.29) is 16.8 Å². The molecule has 5 heteroatoms. The summed E-state index contributed by atoms with van der Waals surface area (Å²) in [5, 5.41) is 8.64. The van der Waals surface area contributed by atoms with Crippen LogP contribution in [0.1, 0.15) is 15.9 Å². The highest BCUT2D eigenvalue weighted by atomic mass is 19.1. The zero-order valence-electron chi connectivity index (χ0n) is 7.37. The van der Waals surface area contributed by atoms with E-state index in [1.807, 2.05) is 0 Å². The van der Waals surface area contributed by atoms with Gasteiger partial charge >= 0.3 is 5.97 Å². The number of methoxy groups -OCH3 is 1. The third kappa shape index (κ3) is 1.50. The zero-order valence-corrected chi connectivity index (χ0v) is 7.37. The molecule has 2 N–H and O–H groups in total. The number of hydrogen-bond donors (Lipinski definition) is 1. The van der Waals surface area contributed by atoms with Gasteiger partial charge in [-0.25, -0.2) is 9.18 Å². The molecule has 0 atom stereocenters. The molecule has 0 unspecified atom stereocenters. The summed E-state index contributed by atoms with van der Waals surface area (Å²) in [6.45, 7) is 0. The Morgan fingerprint density at radius 2 is 2.29 bits per heavy atom. The van der Waals surface area contributed by atoms with E-state index >= 15 is 0 Å². The normalized spacial score (nSPS) is 9.21. The lowest BCUT2D eigenvalue weighted by Crippen LogP contribution is -2.09. The molecule has 1 rings (SSSR count). The van der Waals surface area contributed by atoms with Gasteiger partial charge in [0.1, 0.15) is 17.4 Å². The largest absolute Gasteiger partial charge is 0.465 e. The Bertz CT molecular complexity index is 424. The van der Waals surface area contributed by atoms with Crippen molar-refractivity contribution in [1.29, 1.82) is 5.26 Å². The zero-order chi connectivity index (χ0) is 10.7. The number of benzene rings is 1. The summed E-state index contributed by atoms with van der Waals surface area (Å²) in [7, 11) is 1.13. The standard InChI is InChI=1S/C9H7FN2O2/c1-14-9(13)7-5(4-11)2-3-6(10)8(7)12/h2-3H,12H2,1H3. The lowest BCUT2D eigenvalue weighted by molar-refractivity contribution is 0.0601. The van der Waals surface area contributed by atoms with Crippen molar-refractivity contribution in [2.45, 2.75) is 0 Å². The van der Waals surface area contributed by atoms with Gasteiger partial charge in [-0.05, 0) is 12.1 Å². The van der Waals surface area contributed by atoms with Crippen LogP contribution < -0.4 is 5.73 Å². The third-order valence-corrected chi connectivity index (χ3v) is 1.70. The number of nitriles is 1. The molecule has 0 aliphatic rings. The molecular formula is C9H7FN2O2. The van der Waals surface area contributed by atoms with Gasteiger partial charge in [0.25, 0.3) is 0 Å². The number of hydrogen-bond acceptors (Lipinski definition) is 4. The number of carbonyl (C=O) groups is 1. The Morgan fingerprint density at radius 3 is 2.79 bits per heavy atom. The summed E-state index contributed by atoms with van der Waals surface area (Å²) >= 11 is 0. The van der Waals surface area contributed by atoms with Crippen LogP contribution in [-0.4, -0.2) is 13.1 Å². The summed E-state index contributed by atoms with van der Waals surface area (Å²) in [4.78, 5) is 11.1. The molecule has 1 aromatic rings. The lowest BCUT2D eigenvalue weighted by atomic mass is 10.1. The summed E-state index contributed by atoms with van der Waals surface area (Å²) < 4.78 is 17.3. The smallest absolute Gasteiger partial charge is 0.341 e. The fourth-order valence-corrected chi connectivity index (χ4v) is 1.01. The van der Waals surface area contributed by atoms with Crippen molar-refractivity contribution in [3.8, 4) is 6.07 Å².